The average Bonchev–Trinajstić information content (AvgIpc) is 2.30. The SMILES string of the molecule is N#Cc1c(N)[n+](=O)c2cc(Cl)c(Cl)cc2n1O. The van der Waals surface area contributed by atoms with E-state index in [1.165, 1.54) is 12.1 Å². The maximum absolute atomic E-state index is 11.7. The summed E-state index contributed by atoms with van der Waals surface area (Å²) in [4.78, 5) is 11.7. The average molecular weight is 272 g/mol. The smallest absolute Gasteiger partial charge is 0.356 e. The second-order valence-corrected chi connectivity index (χ2v) is 4.02. The molecule has 2 aromatic rings. The number of nitrogens with two attached hydrogens (primary N) is 1. The molecule has 6 nitrogen and oxygen atoms in total. The molecule has 0 aliphatic carbocycles. The van der Waals surface area contributed by atoms with Crippen LogP contribution in [-0.2, 0) is 0 Å². The van der Waals surface area contributed by atoms with E-state index in [0.717, 1.165) is 0 Å². The Morgan fingerprint density at radius 1 is 1.41 bits per heavy atom. The lowest BCUT2D eigenvalue weighted by Gasteiger charge is -2.05. The van der Waals surface area contributed by atoms with Crippen LogP contribution in [-0.4, -0.2) is 9.94 Å². The maximum Gasteiger partial charge on any atom is 0.356 e. The molecule has 0 spiro atoms. The van der Waals surface area contributed by atoms with Gasteiger partial charge in [0.25, 0.3) is 0 Å². The van der Waals surface area contributed by atoms with E-state index < -0.39 is 5.82 Å². The lowest BCUT2D eigenvalue weighted by molar-refractivity contribution is -0.448. The normalized spacial score (nSPS) is 10.4. The molecular formula is C9H5Cl2N4O2+. The Morgan fingerprint density at radius 2 is 2.00 bits per heavy atom. The number of hydrogen-bond donors (Lipinski definition) is 2. The van der Waals surface area contributed by atoms with Crippen LogP contribution in [0.4, 0.5) is 5.82 Å². The zero-order chi connectivity index (χ0) is 12.7. The van der Waals surface area contributed by atoms with Crippen LogP contribution in [0, 0.1) is 16.2 Å². The minimum atomic E-state index is -0.416. The highest BCUT2D eigenvalue weighted by molar-refractivity contribution is 6.42. The van der Waals surface area contributed by atoms with Gasteiger partial charge in [-0.2, -0.15) is 9.99 Å². The van der Waals surface area contributed by atoms with E-state index in [1.807, 2.05) is 0 Å². The lowest BCUT2D eigenvalue weighted by atomic mass is 10.3. The monoisotopic (exact) mass is 271 g/mol. The van der Waals surface area contributed by atoms with E-state index in [4.69, 9.17) is 34.2 Å². The van der Waals surface area contributed by atoms with E-state index in [0.29, 0.717) is 9.16 Å². The zero-order valence-corrected chi connectivity index (χ0v) is 9.70. The van der Waals surface area contributed by atoms with Gasteiger partial charge in [0.15, 0.2) is 0 Å². The molecule has 3 N–H and O–H groups in total. The summed E-state index contributed by atoms with van der Waals surface area (Å²) in [5, 5.41) is 18.8. The first-order chi connectivity index (χ1) is 7.97. The van der Waals surface area contributed by atoms with Gasteiger partial charge in [-0.3, -0.25) is 5.73 Å². The highest BCUT2D eigenvalue weighted by Gasteiger charge is 2.21. The van der Waals surface area contributed by atoms with Crippen molar-refractivity contribution in [1.82, 2.24) is 4.73 Å². The minimum absolute atomic E-state index is 0.0124. The van der Waals surface area contributed by atoms with Crippen LogP contribution >= 0.6 is 23.2 Å². The number of halogens is 2. The fourth-order valence-electron chi connectivity index (χ4n) is 1.42. The van der Waals surface area contributed by atoms with Gasteiger partial charge < -0.3 is 5.21 Å². The minimum Gasteiger partial charge on any atom is -0.427 e. The fraction of sp³-hybridized carbons (Fsp3) is 0. The van der Waals surface area contributed by atoms with Crippen molar-refractivity contribution in [3.8, 4) is 6.07 Å². The van der Waals surface area contributed by atoms with Gasteiger partial charge in [-0.15, -0.1) is 0 Å². The van der Waals surface area contributed by atoms with Crippen molar-refractivity contribution in [2.75, 3.05) is 5.73 Å². The van der Waals surface area contributed by atoms with Crippen LogP contribution < -0.4 is 10.2 Å². The van der Waals surface area contributed by atoms with Gasteiger partial charge in [0.2, 0.25) is 11.2 Å². The van der Waals surface area contributed by atoms with Crippen LogP contribution in [0.5, 0.6) is 0 Å². The molecule has 0 bridgehead atoms. The molecule has 17 heavy (non-hydrogen) atoms. The van der Waals surface area contributed by atoms with Crippen LogP contribution in [0.3, 0.4) is 0 Å². The van der Waals surface area contributed by atoms with Gasteiger partial charge in [0.1, 0.15) is 11.6 Å². The molecule has 8 heteroatoms. The van der Waals surface area contributed by atoms with Gasteiger partial charge in [0.05, 0.1) is 10.0 Å². The maximum atomic E-state index is 11.7. The highest BCUT2D eigenvalue weighted by atomic mass is 35.5. The van der Waals surface area contributed by atoms with Crippen molar-refractivity contribution in [2.45, 2.75) is 0 Å². The van der Waals surface area contributed by atoms with Gasteiger partial charge in [-0.1, -0.05) is 28.1 Å². The topological polar surface area (TPSA) is 97.9 Å². The number of nitrogen functional groups attached to an aromatic ring is 1. The molecule has 0 saturated heterocycles. The molecule has 0 aliphatic rings. The van der Waals surface area contributed by atoms with E-state index in [2.05, 4.69) is 0 Å². The summed E-state index contributed by atoms with van der Waals surface area (Å²) >= 11 is 11.5. The molecule has 1 aromatic heterocycles. The summed E-state index contributed by atoms with van der Waals surface area (Å²) in [6, 6.07) is 4.15. The number of hydrogen-bond acceptors (Lipinski definition) is 4. The number of nitriles is 1. The van der Waals surface area contributed by atoms with Crippen molar-refractivity contribution in [3.05, 3.63) is 32.8 Å². The van der Waals surface area contributed by atoms with Crippen LogP contribution in [0.25, 0.3) is 11.0 Å². The predicted octanol–water partition coefficient (Wildman–Crippen LogP) is 1.55. The largest absolute Gasteiger partial charge is 0.427 e. The van der Waals surface area contributed by atoms with Crippen molar-refractivity contribution >= 4 is 40.1 Å². The summed E-state index contributed by atoms with van der Waals surface area (Å²) in [6.07, 6.45) is 0. The summed E-state index contributed by atoms with van der Waals surface area (Å²) in [6.45, 7) is 0. The van der Waals surface area contributed by atoms with Crippen molar-refractivity contribution in [1.29, 1.82) is 5.26 Å². The van der Waals surface area contributed by atoms with Crippen molar-refractivity contribution < 1.29 is 9.63 Å². The number of anilines is 1. The molecule has 0 amide bonds. The highest BCUT2D eigenvalue weighted by Crippen LogP contribution is 2.26. The molecule has 0 radical (unpaired) electrons. The Hall–Kier alpha value is -1.97. The van der Waals surface area contributed by atoms with E-state index in [1.54, 1.807) is 6.07 Å². The van der Waals surface area contributed by atoms with Gasteiger partial charge in [-0.25, -0.2) is 0 Å². The second kappa shape index (κ2) is 3.80. The van der Waals surface area contributed by atoms with E-state index in [9.17, 15) is 10.1 Å². The molecule has 0 atom stereocenters. The van der Waals surface area contributed by atoms with E-state index in [-0.39, 0.29) is 26.8 Å². The number of benzene rings is 1. The van der Waals surface area contributed by atoms with E-state index >= 15 is 0 Å². The second-order valence-electron chi connectivity index (χ2n) is 3.21. The van der Waals surface area contributed by atoms with Gasteiger partial charge in [-0.05, 0) is 6.07 Å². The predicted molar refractivity (Wildman–Crippen MR) is 61.6 cm³/mol. The zero-order valence-electron chi connectivity index (χ0n) is 8.19. The third-order valence-corrected chi connectivity index (χ3v) is 2.97. The number of aromatic nitrogens is 2. The van der Waals surface area contributed by atoms with Crippen molar-refractivity contribution in [3.63, 3.8) is 0 Å². The number of fused-ring (bicyclic) bond motifs is 1. The van der Waals surface area contributed by atoms with Gasteiger partial charge in [0, 0.05) is 10.5 Å². The third kappa shape index (κ3) is 1.56. The first-order valence-electron chi connectivity index (χ1n) is 4.32. The fourth-order valence-corrected chi connectivity index (χ4v) is 1.73. The first kappa shape index (κ1) is 11.5. The molecule has 1 heterocycles. The Labute approximate surface area is 105 Å². The Balaban J connectivity index is 3.11. The van der Waals surface area contributed by atoms with Gasteiger partial charge >= 0.3 is 5.82 Å². The summed E-state index contributed by atoms with van der Waals surface area (Å²) in [7, 11) is 0. The first-order valence-corrected chi connectivity index (χ1v) is 5.08. The Bertz CT molecular complexity index is 733. The molecule has 0 aliphatic heterocycles. The van der Waals surface area contributed by atoms with Crippen LogP contribution in [0.1, 0.15) is 5.69 Å². The van der Waals surface area contributed by atoms with Crippen LogP contribution in [0.2, 0.25) is 10.0 Å². The van der Waals surface area contributed by atoms with Crippen molar-refractivity contribution in [2.24, 2.45) is 0 Å². The molecule has 1 aromatic carbocycles. The molecule has 0 fully saturated rings. The number of nitrogens with zero attached hydrogens (tertiary/aromatic N) is 3. The summed E-state index contributed by atoms with van der Waals surface area (Å²) in [5.74, 6) is -0.416. The number of rotatable bonds is 0. The summed E-state index contributed by atoms with van der Waals surface area (Å²) in [5.41, 5.74) is 5.10. The lowest BCUT2D eigenvalue weighted by Crippen LogP contribution is -2.26. The standard InChI is InChI=1S/C9H5Cl2N4O2/c10-4-1-6-7(2-5(4)11)15(17)9(13)8(3-12)14(6)16/h1-2,16H,13H2/q+1. The quantitative estimate of drug-likeness (QED) is 0.561. The molecule has 2 rings (SSSR count). The molecule has 86 valence electrons. The Morgan fingerprint density at radius 3 is 2.59 bits per heavy atom. The molecule has 0 unspecified atom stereocenters. The Kier molecular flexibility index (Phi) is 2.58. The molecular weight excluding hydrogens is 267 g/mol. The molecule has 0 saturated carbocycles. The van der Waals surface area contributed by atoms with Crippen LogP contribution in [0.15, 0.2) is 12.1 Å². The summed E-state index contributed by atoms with van der Waals surface area (Å²) < 4.78 is 0.810. The third-order valence-electron chi connectivity index (χ3n) is 2.24.